The molecule has 0 radical (unpaired) electrons. The molecule has 0 bridgehead atoms. The Hall–Kier alpha value is -1.62. The number of benzene rings is 2. The van der Waals surface area contributed by atoms with Crippen LogP contribution in [0.2, 0.25) is 0 Å². The highest BCUT2D eigenvalue weighted by molar-refractivity contribution is 5.89. The van der Waals surface area contributed by atoms with E-state index in [1.807, 2.05) is 43.3 Å². The number of nitrogens with one attached hydrogen (secondary N) is 1. The van der Waals surface area contributed by atoms with Crippen LogP contribution in [-0.4, -0.2) is 36.6 Å². The highest BCUT2D eigenvalue weighted by Crippen LogP contribution is 2.32. The fourth-order valence-corrected chi connectivity index (χ4v) is 2.47. The van der Waals surface area contributed by atoms with Crippen molar-refractivity contribution in [1.29, 1.82) is 0 Å². The van der Waals surface area contributed by atoms with Gasteiger partial charge in [-0.3, -0.25) is 0 Å². The number of phenolic OH excluding ortho intramolecular Hbond substituents is 1. The van der Waals surface area contributed by atoms with Gasteiger partial charge in [0, 0.05) is 24.1 Å². The van der Waals surface area contributed by atoms with Crippen molar-refractivity contribution in [2.24, 2.45) is 0 Å². The van der Waals surface area contributed by atoms with Gasteiger partial charge in [0.15, 0.2) is 0 Å². The molecule has 0 aliphatic rings. The lowest BCUT2D eigenvalue weighted by atomic mass is 10.0. The molecule has 0 saturated heterocycles. The van der Waals surface area contributed by atoms with Crippen LogP contribution in [-0.2, 0) is 4.74 Å². The number of fused-ring (bicyclic) bond motifs is 1. The van der Waals surface area contributed by atoms with Gasteiger partial charge in [-0.2, -0.15) is 0 Å². The first-order valence-electron chi connectivity index (χ1n) is 7.24. The summed E-state index contributed by atoms with van der Waals surface area (Å²) in [4.78, 5) is 0. The molecule has 4 nitrogen and oxygen atoms in total. The normalized spacial score (nSPS) is 14.2. The smallest absolute Gasteiger partial charge is 0.128 e. The Balaban J connectivity index is 2.02. The monoisotopic (exact) mass is 289 g/mol. The van der Waals surface area contributed by atoms with E-state index in [4.69, 9.17) is 4.74 Å². The zero-order valence-electron chi connectivity index (χ0n) is 12.5. The van der Waals surface area contributed by atoms with Crippen LogP contribution in [0.15, 0.2) is 36.4 Å². The summed E-state index contributed by atoms with van der Waals surface area (Å²) in [5.41, 5.74) is 0.870. The molecule has 0 aliphatic carbocycles. The minimum absolute atomic E-state index is 0.0179. The van der Waals surface area contributed by atoms with Gasteiger partial charge in [0.05, 0.1) is 12.7 Å². The number of hydrogen-bond acceptors (Lipinski definition) is 4. The summed E-state index contributed by atoms with van der Waals surface area (Å²) in [6.45, 7) is 3.02. The molecule has 3 N–H and O–H groups in total. The van der Waals surface area contributed by atoms with Crippen molar-refractivity contribution in [3.05, 3.63) is 42.0 Å². The van der Waals surface area contributed by atoms with E-state index in [0.717, 1.165) is 16.3 Å². The quantitative estimate of drug-likeness (QED) is 0.733. The van der Waals surface area contributed by atoms with E-state index in [0.29, 0.717) is 25.3 Å². The number of rotatable bonds is 7. The number of aliphatic hydroxyl groups is 1. The van der Waals surface area contributed by atoms with Gasteiger partial charge in [-0.25, -0.2) is 0 Å². The van der Waals surface area contributed by atoms with Gasteiger partial charge in [0.2, 0.25) is 0 Å². The predicted octanol–water partition coefficient (Wildman–Crippen LogP) is 2.59. The summed E-state index contributed by atoms with van der Waals surface area (Å²) >= 11 is 0. The molecule has 0 amide bonds. The molecule has 114 valence electrons. The lowest BCUT2D eigenvalue weighted by Gasteiger charge is -2.18. The molecule has 0 aliphatic heterocycles. The molecule has 2 rings (SSSR count). The largest absolute Gasteiger partial charge is 0.507 e. The summed E-state index contributed by atoms with van der Waals surface area (Å²) in [5.74, 6) is 0.325. The van der Waals surface area contributed by atoms with E-state index in [2.05, 4.69) is 5.32 Å². The van der Waals surface area contributed by atoms with Gasteiger partial charge in [-0.1, -0.05) is 36.4 Å². The SMILES string of the molecule is COCC(O)CCNC(C)c1ccc2ccccc2c1O. The Morgan fingerprint density at radius 2 is 1.95 bits per heavy atom. The van der Waals surface area contributed by atoms with Crippen LogP contribution < -0.4 is 5.32 Å². The van der Waals surface area contributed by atoms with Crippen LogP contribution in [0.4, 0.5) is 0 Å². The van der Waals surface area contributed by atoms with Crippen LogP contribution in [0, 0.1) is 0 Å². The topological polar surface area (TPSA) is 61.7 Å². The van der Waals surface area contributed by atoms with Gasteiger partial charge in [-0.05, 0) is 25.3 Å². The van der Waals surface area contributed by atoms with Gasteiger partial charge >= 0.3 is 0 Å². The zero-order valence-corrected chi connectivity index (χ0v) is 12.5. The van der Waals surface area contributed by atoms with Crippen molar-refractivity contribution in [2.45, 2.75) is 25.5 Å². The number of phenols is 1. The average Bonchev–Trinajstić information content (AvgIpc) is 2.48. The van der Waals surface area contributed by atoms with Crippen LogP contribution >= 0.6 is 0 Å². The van der Waals surface area contributed by atoms with Gasteiger partial charge < -0.3 is 20.3 Å². The Kier molecular flexibility index (Phi) is 5.56. The molecule has 0 heterocycles. The first kappa shape index (κ1) is 15.8. The van der Waals surface area contributed by atoms with Gasteiger partial charge in [0.25, 0.3) is 0 Å². The fraction of sp³-hybridized carbons (Fsp3) is 0.412. The molecule has 0 fully saturated rings. The summed E-state index contributed by atoms with van der Waals surface area (Å²) in [7, 11) is 1.58. The Labute approximate surface area is 125 Å². The highest BCUT2D eigenvalue weighted by atomic mass is 16.5. The maximum Gasteiger partial charge on any atom is 0.128 e. The molecule has 0 aromatic heterocycles. The average molecular weight is 289 g/mol. The third-order valence-electron chi connectivity index (χ3n) is 3.69. The third kappa shape index (κ3) is 3.94. The Morgan fingerprint density at radius 1 is 1.19 bits per heavy atom. The number of ether oxygens (including phenoxy) is 1. The molecule has 2 unspecified atom stereocenters. The molecule has 2 atom stereocenters. The van der Waals surface area contributed by atoms with Crippen molar-refractivity contribution in [1.82, 2.24) is 5.32 Å². The van der Waals surface area contributed by atoms with Crippen molar-refractivity contribution in [3.63, 3.8) is 0 Å². The molecule has 0 spiro atoms. The maximum absolute atomic E-state index is 10.4. The van der Waals surface area contributed by atoms with E-state index in [1.54, 1.807) is 7.11 Å². The van der Waals surface area contributed by atoms with Crippen molar-refractivity contribution in [3.8, 4) is 5.75 Å². The standard InChI is InChI=1S/C17H23NO3/c1-12(18-10-9-14(19)11-21-2)15-8-7-13-5-3-4-6-16(13)17(15)20/h3-8,12,14,18-20H,9-11H2,1-2H3. The lowest BCUT2D eigenvalue weighted by molar-refractivity contribution is 0.0590. The van der Waals surface area contributed by atoms with E-state index >= 15 is 0 Å². The molecule has 2 aromatic rings. The van der Waals surface area contributed by atoms with Crippen molar-refractivity contribution < 1.29 is 14.9 Å². The minimum atomic E-state index is -0.458. The third-order valence-corrected chi connectivity index (χ3v) is 3.69. The minimum Gasteiger partial charge on any atom is -0.507 e. The zero-order chi connectivity index (χ0) is 15.2. The number of methoxy groups -OCH3 is 1. The molecule has 0 saturated carbocycles. The number of aliphatic hydroxyl groups excluding tert-OH is 1. The summed E-state index contributed by atoms with van der Waals surface area (Å²) in [6.07, 6.45) is 0.159. The maximum atomic E-state index is 10.4. The highest BCUT2D eigenvalue weighted by Gasteiger charge is 2.13. The van der Waals surface area contributed by atoms with Crippen LogP contribution in [0.3, 0.4) is 0 Å². The van der Waals surface area contributed by atoms with Gasteiger partial charge in [-0.15, -0.1) is 0 Å². The first-order valence-corrected chi connectivity index (χ1v) is 7.24. The fourth-order valence-electron chi connectivity index (χ4n) is 2.47. The molecular formula is C17H23NO3. The van der Waals surface area contributed by atoms with Gasteiger partial charge in [0.1, 0.15) is 5.75 Å². The molecular weight excluding hydrogens is 266 g/mol. The van der Waals surface area contributed by atoms with Crippen LogP contribution in [0.1, 0.15) is 24.9 Å². The van der Waals surface area contributed by atoms with Crippen molar-refractivity contribution >= 4 is 10.8 Å². The van der Waals surface area contributed by atoms with E-state index in [-0.39, 0.29) is 6.04 Å². The second kappa shape index (κ2) is 7.41. The Morgan fingerprint density at radius 3 is 2.71 bits per heavy atom. The molecule has 2 aromatic carbocycles. The predicted molar refractivity (Wildman–Crippen MR) is 84.5 cm³/mol. The van der Waals surface area contributed by atoms with Crippen molar-refractivity contribution in [2.75, 3.05) is 20.3 Å². The summed E-state index contributed by atoms with van der Waals surface area (Å²) < 4.78 is 4.90. The second-order valence-electron chi connectivity index (χ2n) is 5.30. The van der Waals surface area contributed by atoms with E-state index in [1.165, 1.54) is 0 Å². The number of aromatic hydroxyl groups is 1. The van der Waals surface area contributed by atoms with Crippen LogP contribution in [0.25, 0.3) is 10.8 Å². The second-order valence-corrected chi connectivity index (χ2v) is 5.30. The summed E-state index contributed by atoms with van der Waals surface area (Å²) in [6, 6.07) is 11.8. The lowest BCUT2D eigenvalue weighted by Crippen LogP contribution is -2.25. The van der Waals surface area contributed by atoms with E-state index < -0.39 is 6.10 Å². The number of hydrogen-bond donors (Lipinski definition) is 3. The molecule has 21 heavy (non-hydrogen) atoms. The van der Waals surface area contributed by atoms with E-state index in [9.17, 15) is 10.2 Å². The Bertz CT molecular complexity index is 585. The first-order chi connectivity index (χ1) is 10.1. The van der Waals surface area contributed by atoms with Crippen LogP contribution in [0.5, 0.6) is 5.75 Å². The molecule has 4 heteroatoms. The summed E-state index contributed by atoms with van der Waals surface area (Å²) in [5, 5.41) is 25.2.